The number of aromatic nitrogens is 2. The highest BCUT2D eigenvalue weighted by atomic mass is 35.5. The molecule has 2 aromatic carbocycles. The van der Waals surface area contributed by atoms with Crippen molar-refractivity contribution >= 4 is 11.6 Å². The van der Waals surface area contributed by atoms with Gasteiger partial charge in [0.05, 0.1) is 11.4 Å². The third-order valence-electron chi connectivity index (χ3n) is 3.22. The SMILES string of the molecule is NCc1cn(-c2ccc(F)cc2)nc1-c1ccc(Cl)cc1. The lowest BCUT2D eigenvalue weighted by atomic mass is 10.1. The monoisotopic (exact) mass is 301 g/mol. The molecule has 0 fully saturated rings. The molecule has 0 spiro atoms. The van der Waals surface area contributed by atoms with E-state index in [9.17, 15) is 4.39 Å². The Labute approximate surface area is 126 Å². The molecule has 0 bridgehead atoms. The molecule has 0 atom stereocenters. The van der Waals surface area contributed by atoms with Crippen LogP contribution in [0.3, 0.4) is 0 Å². The molecule has 0 aliphatic carbocycles. The molecule has 0 aliphatic heterocycles. The van der Waals surface area contributed by atoms with Crippen LogP contribution in [0.15, 0.2) is 54.7 Å². The summed E-state index contributed by atoms with van der Waals surface area (Å²) in [5.41, 5.74) is 9.25. The van der Waals surface area contributed by atoms with Crippen molar-refractivity contribution in [3.05, 3.63) is 71.1 Å². The lowest BCUT2D eigenvalue weighted by Crippen LogP contribution is -1.96. The third-order valence-corrected chi connectivity index (χ3v) is 3.47. The second kappa shape index (κ2) is 5.68. The quantitative estimate of drug-likeness (QED) is 0.800. The van der Waals surface area contributed by atoms with Crippen LogP contribution in [0.25, 0.3) is 16.9 Å². The highest BCUT2D eigenvalue weighted by Gasteiger charge is 2.11. The number of benzene rings is 2. The largest absolute Gasteiger partial charge is 0.326 e. The summed E-state index contributed by atoms with van der Waals surface area (Å²) >= 11 is 5.90. The molecule has 5 heteroatoms. The molecule has 3 nitrogen and oxygen atoms in total. The lowest BCUT2D eigenvalue weighted by molar-refractivity contribution is 0.627. The van der Waals surface area contributed by atoms with E-state index in [1.807, 2.05) is 30.5 Å². The Morgan fingerprint density at radius 3 is 2.33 bits per heavy atom. The van der Waals surface area contributed by atoms with Crippen LogP contribution >= 0.6 is 11.6 Å². The van der Waals surface area contributed by atoms with E-state index >= 15 is 0 Å². The van der Waals surface area contributed by atoms with Gasteiger partial charge in [-0.05, 0) is 36.4 Å². The predicted molar refractivity (Wildman–Crippen MR) is 81.9 cm³/mol. The second-order valence-corrected chi connectivity index (χ2v) is 5.07. The summed E-state index contributed by atoms with van der Waals surface area (Å²) in [5, 5.41) is 5.22. The smallest absolute Gasteiger partial charge is 0.123 e. The Kier molecular flexibility index (Phi) is 3.73. The normalized spacial score (nSPS) is 10.8. The van der Waals surface area contributed by atoms with E-state index in [0.717, 1.165) is 22.5 Å². The van der Waals surface area contributed by atoms with Gasteiger partial charge in [-0.25, -0.2) is 9.07 Å². The molecule has 1 heterocycles. The second-order valence-electron chi connectivity index (χ2n) is 4.63. The minimum Gasteiger partial charge on any atom is -0.326 e. The van der Waals surface area contributed by atoms with Gasteiger partial charge >= 0.3 is 0 Å². The highest BCUT2D eigenvalue weighted by Crippen LogP contribution is 2.25. The fourth-order valence-electron chi connectivity index (χ4n) is 2.14. The first-order chi connectivity index (χ1) is 10.2. The van der Waals surface area contributed by atoms with Crippen LogP contribution in [0.4, 0.5) is 4.39 Å². The Hall–Kier alpha value is -2.17. The molecule has 0 amide bonds. The van der Waals surface area contributed by atoms with Gasteiger partial charge in [0, 0.05) is 28.9 Å². The van der Waals surface area contributed by atoms with Gasteiger partial charge in [-0.2, -0.15) is 5.10 Å². The van der Waals surface area contributed by atoms with E-state index in [1.165, 1.54) is 12.1 Å². The number of hydrogen-bond acceptors (Lipinski definition) is 2. The minimum absolute atomic E-state index is 0.275. The van der Waals surface area contributed by atoms with Crippen molar-refractivity contribution in [2.24, 2.45) is 5.73 Å². The molecular formula is C16H13ClFN3. The number of nitrogens with zero attached hydrogens (tertiary/aromatic N) is 2. The Bertz CT molecular complexity index is 748. The molecule has 106 valence electrons. The zero-order chi connectivity index (χ0) is 14.8. The minimum atomic E-state index is -0.275. The van der Waals surface area contributed by atoms with Gasteiger partial charge in [-0.1, -0.05) is 23.7 Å². The van der Waals surface area contributed by atoms with Crippen LogP contribution in [0, 0.1) is 5.82 Å². The van der Waals surface area contributed by atoms with Gasteiger partial charge in [0.2, 0.25) is 0 Å². The highest BCUT2D eigenvalue weighted by molar-refractivity contribution is 6.30. The predicted octanol–water partition coefficient (Wildman–Crippen LogP) is 3.79. The first-order valence-electron chi connectivity index (χ1n) is 6.48. The van der Waals surface area contributed by atoms with E-state index in [1.54, 1.807) is 16.8 Å². The lowest BCUT2D eigenvalue weighted by Gasteiger charge is -2.01. The van der Waals surface area contributed by atoms with Crippen LogP contribution in [0.1, 0.15) is 5.56 Å². The van der Waals surface area contributed by atoms with E-state index in [-0.39, 0.29) is 5.82 Å². The van der Waals surface area contributed by atoms with Crippen molar-refractivity contribution in [3.63, 3.8) is 0 Å². The molecule has 0 radical (unpaired) electrons. The number of nitrogens with two attached hydrogens (primary N) is 1. The molecule has 0 unspecified atom stereocenters. The number of hydrogen-bond donors (Lipinski definition) is 1. The fourth-order valence-corrected chi connectivity index (χ4v) is 2.26. The Morgan fingerprint density at radius 2 is 1.71 bits per heavy atom. The molecule has 3 rings (SSSR count). The van der Waals surface area contributed by atoms with Crippen LogP contribution in [0.5, 0.6) is 0 Å². The topological polar surface area (TPSA) is 43.8 Å². The summed E-state index contributed by atoms with van der Waals surface area (Å²) in [5.74, 6) is -0.275. The molecule has 3 aromatic rings. The summed E-state index contributed by atoms with van der Waals surface area (Å²) < 4.78 is 14.7. The van der Waals surface area contributed by atoms with Crippen molar-refractivity contribution < 1.29 is 4.39 Å². The molecular weight excluding hydrogens is 289 g/mol. The van der Waals surface area contributed by atoms with Crippen molar-refractivity contribution in [3.8, 4) is 16.9 Å². The standard InChI is InChI=1S/C16H13ClFN3/c17-13-3-1-11(2-4-13)16-12(9-19)10-21(20-16)15-7-5-14(18)6-8-15/h1-8,10H,9,19H2. The molecule has 1 aromatic heterocycles. The zero-order valence-electron chi connectivity index (χ0n) is 11.1. The van der Waals surface area contributed by atoms with Gasteiger partial charge in [0.1, 0.15) is 5.82 Å². The fraction of sp³-hybridized carbons (Fsp3) is 0.0625. The van der Waals surface area contributed by atoms with E-state index in [4.69, 9.17) is 17.3 Å². The van der Waals surface area contributed by atoms with Crippen LogP contribution in [0.2, 0.25) is 5.02 Å². The molecule has 2 N–H and O–H groups in total. The van der Waals surface area contributed by atoms with Crippen LogP contribution in [-0.2, 0) is 6.54 Å². The number of rotatable bonds is 3. The maximum absolute atomic E-state index is 13.0. The van der Waals surface area contributed by atoms with Crippen molar-refractivity contribution in [2.45, 2.75) is 6.54 Å². The van der Waals surface area contributed by atoms with Crippen molar-refractivity contribution in [2.75, 3.05) is 0 Å². The van der Waals surface area contributed by atoms with Crippen molar-refractivity contribution in [1.82, 2.24) is 9.78 Å². The van der Waals surface area contributed by atoms with Crippen LogP contribution in [-0.4, -0.2) is 9.78 Å². The van der Waals surface area contributed by atoms with E-state index in [2.05, 4.69) is 5.10 Å². The maximum Gasteiger partial charge on any atom is 0.123 e. The number of halogens is 2. The molecule has 21 heavy (non-hydrogen) atoms. The van der Waals surface area contributed by atoms with Gasteiger partial charge in [-0.3, -0.25) is 0 Å². The summed E-state index contributed by atoms with van der Waals surface area (Å²) in [6.07, 6.45) is 1.86. The summed E-state index contributed by atoms with van der Waals surface area (Å²) in [6.45, 7) is 0.374. The van der Waals surface area contributed by atoms with Gasteiger partial charge < -0.3 is 5.73 Å². The van der Waals surface area contributed by atoms with E-state index < -0.39 is 0 Å². The van der Waals surface area contributed by atoms with E-state index in [0.29, 0.717) is 11.6 Å². The molecule has 0 saturated heterocycles. The summed E-state index contributed by atoms with van der Waals surface area (Å²) in [7, 11) is 0. The zero-order valence-corrected chi connectivity index (χ0v) is 11.9. The van der Waals surface area contributed by atoms with Gasteiger partial charge in [-0.15, -0.1) is 0 Å². The van der Waals surface area contributed by atoms with Gasteiger partial charge in [0.15, 0.2) is 0 Å². The Morgan fingerprint density at radius 1 is 1.05 bits per heavy atom. The average molecular weight is 302 g/mol. The summed E-state index contributed by atoms with van der Waals surface area (Å²) in [4.78, 5) is 0. The van der Waals surface area contributed by atoms with Crippen LogP contribution < -0.4 is 5.73 Å². The average Bonchev–Trinajstić information content (AvgIpc) is 2.93. The third kappa shape index (κ3) is 2.82. The summed E-state index contributed by atoms with van der Waals surface area (Å²) in [6, 6.07) is 13.6. The Balaban J connectivity index is 2.05. The first kappa shape index (κ1) is 13.8. The molecule has 0 aliphatic rings. The first-order valence-corrected chi connectivity index (χ1v) is 6.85. The van der Waals surface area contributed by atoms with Gasteiger partial charge in [0.25, 0.3) is 0 Å². The maximum atomic E-state index is 13.0. The molecule has 0 saturated carbocycles. The van der Waals surface area contributed by atoms with Crippen molar-refractivity contribution in [1.29, 1.82) is 0 Å².